The number of halogens is 1. The lowest BCUT2D eigenvalue weighted by atomic mass is 10.1. The van der Waals surface area contributed by atoms with Crippen molar-refractivity contribution < 1.29 is 4.74 Å². The van der Waals surface area contributed by atoms with Gasteiger partial charge in [-0.1, -0.05) is 11.6 Å². The van der Waals surface area contributed by atoms with E-state index in [1.165, 1.54) is 0 Å². The quantitative estimate of drug-likeness (QED) is 0.771. The average Bonchev–Trinajstić information content (AvgIpc) is 2.78. The summed E-state index contributed by atoms with van der Waals surface area (Å²) in [5.74, 6) is 0.800. The Bertz CT molecular complexity index is 568. The molecular weight excluding hydrogens is 224 g/mol. The van der Waals surface area contributed by atoms with Gasteiger partial charge >= 0.3 is 0 Å². The molecular formula is C12H11ClN2O. The SMILES string of the molecule is COc1ccc2c3c(c(Cl)nc2c1)CCN3. The van der Waals surface area contributed by atoms with Crippen LogP contribution in [0.1, 0.15) is 5.56 Å². The van der Waals surface area contributed by atoms with Crippen molar-refractivity contribution in [3.8, 4) is 5.75 Å². The standard InChI is InChI=1S/C12H11ClN2O/c1-16-7-2-3-8-10(6-7)15-12(13)9-4-5-14-11(8)9/h2-3,6,14H,4-5H2,1H3. The molecule has 0 amide bonds. The average molecular weight is 235 g/mol. The summed E-state index contributed by atoms with van der Waals surface area (Å²) in [6.45, 7) is 0.932. The van der Waals surface area contributed by atoms with E-state index in [0.29, 0.717) is 5.15 Å². The van der Waals surface area contributed by atoms with Gasteiger partial charge in [-0.15, -0.1) is 0 Å². The van der Waals surface area contributed by atoms with Crippen LogP contribution in [-0.2, 0) is 6.42 Å². The number of fused-ring (bicyclic) bond motifs is 3. The lowest BCUT2D eigenvalue weighted by Crippen LogP contribution is -1.93. The fraction of sp³-hybridized carbons (Fsp3) is 0.250. The molecule has 3 nitrogen and oxygen atoms in total. The first-order valence-electron chi connectivity index (χ1n) is 5.19. The van der Waals surface area contributed by atoms with E-state index in [2.05, 4.69) is 10.3 Å². The van der Waals surface area contributed by atoms with E-state index >= 15 is 0 Å². The molecule has 1 aliphatic rings. The lowest BCUT2D eigenvalue weighted by molar-refractivity contribution is 0.415. The first kappa shape index (κ1) is 9.73. The molecule has 0 atom stereocenters. The molecule has 1 N–H and O–H groups in total. The van der Waals surface area contributed by atoms with Crippen LogP contribution in [0.3, 0.4) is 0 Å². The molecule has 3 rings (SSSR count). The molecule has 1 aliphatic heterocycles. The summed E-state index contributed by atoms with van der Waals surface area (Å²) in [5, 5.41) is 5.06. The number of nitrogens with one attached hydrogen (secondary N) is 1. The molecule has 0 spiro atoms. The number of hydrogen-bond acceptors (Lipinski definition) is 3. The van der Waals surface area contributed by atoms with Crippen LogP contribution >= 0.6 is 11.6 Å². The zero-order valence-corrected chi connectivity index (χ0v) is 9.64. The molecule has 2 heterocycles. The van der Waals surface area contributed by atoms with Crippen LogP contribution < -0.4 is 10.1 Å². The van der Waals surface area contributed by atoms with Crippen LogP contribution in [0.5, 0.6) is 5.75 Å². The normalized spacial score (nSPS) is 13.6. The Morgan fingerprint density at radius 1 is 1.44 bits per heavy atom. The summed E-state index contributed by atoms with van der Waals surface area (Å²) in [5.41, 5.74) is 3.12. The van der Waals surface area contributed by atoms with E-state index in [9.17, 15) is 0 Å². The van der Waals surface area contributed by atoms with Gasteiger partial charge in [-0.25, -0.2) is 4.98 Å². The summed E-state index contributed by atoms with van der Waals surface area (Å²) in [4.78, 5) is 4.40. The van der Waals surface area contributed by atoms with Gasteiger partial charge in [-0.2, -0.15) is 0 Å². The van der Waals surface area contributed by atoms with Crippen LogP contribution in [0.25, 0.3) is 10.9 Å². The maximum Gasteiger partial charge on any atom is 0.135 e. The van der Waals surface area contributed by atoms with Gasteiger partial charge in [0.1, 0.15) is 10.9 Å². The summed E-state index contributed by atoms with van der Waals surface area (Å²) >= 11 is 6.15. The molecule has 16 heavy (non-hydrogen) atoms. The highest BCUT2D eigenvalue weighted by atomic mass is 35.5. The van der Waals surface area contributed by atoms with Gasteiger partial charge in [-0.3, -0.25) is 0 Å². The second-order valence-electron chi connectivity index (χ2n) is 3.82. The molecule has 0 saturated heterocycles. The van der Waals surface area contributed by atoms with Crippen LogP contribution in [0.15, 0.2) is 18.2 Å². The number of nitrogens with zero attached hydrogens (tertiary/aromatic N) is 1. The number of rotatable bonds is 1. The minimum absolute atomic E-state index is 0.598. The predicted molar refractivity (Wildman–Crippen MR) is 65.5 cm³/mol. The van der Waals surface area contributed by atoms with Gasteiger partial charge in [0.15, 0.2) is 0 Å². The molecule has 0 bridgehead atoms. The minimum atomic E-state index is 0.598. The van der Waals surface area contributed by atoms with Gasteiger partial charge in [0, 0.05) is 29.2 Å². The number of pyridine rings is 1. The second-order valence-corrected chi connectivity index (χ2v) is 4.17. The van der Waals surface area contributed by atoms with Gasteiger partial charge in [-0.05, 0) is 18.6 Å². The molecule has 0 aliphatic carbocycles. The van der Waals surface area contributed by atoms with E-state index < -0.39 is 0 Å². The Morgan fingerprint density at radius 2 is 2.31 bits per heavy atom. The van der Waals surface area contributed by atoms with Crippen molar-refractivity contribution in [3.05, 3.63) is 28.9 Å². The van der Waals surface area contributed by atoms with Crippen LogP contribution in [0.4, 0.5) is 5.69 Å². The van der Waals surface area contributed by atoms with Gasteiger partial charge in [0.05, 0.1) is 12.6 Å². The number of ether oxygens (including phenoxy) is 1. The van der Waals surface area contributed by atoms with Gasteiger partial charge in [0.25, 0.3) is 0 Å². The second kappa shape index (κ2) is 3.52. The first-order chi connectivity index (χ1) is 7.79. The third-order valence-electron chi connectivity index (χ3n) is 2.92. The van der Waals surface area contributed by atoms with E-state index in [-0.39, 0.29) is 0 Å². The van der Waals surface area contributed by atoms with Crippen molar-refractivity contribution in [2.45, 2.75) is 6.42 Å². The number of aromatic nitrogens is 1. The van der Waals surface area contributed by atoms with Crippen molar-refractivity contribution in [3.63, 3.8) is 0 Å². The summed E-state index contributed by atoms with van der Waals surface area (Å²) in [7, 11) is 1.65. The molecule has 0 saturated carbocycles. The van der Waals surface area contributed by atoms with E-state index in [4.69, 9.17) is 16.3 Å². The van der Waals surface area contributed by atoms with E-state index in [1.54, 1.807) is 7.11 Å². The lowest BCUT2D eigenvalue weighted by Gasteiger charge is -2.08. The fourth-order valence-electron chi connectivity index (χ4n) is 2.12. The topological polar surface area (TPSA) is 34.1 Å². The smallest absolute Gasteiger partial charge is 0.135 e. The van der Waals surface area contributed by atoms with Crippen molar-refractivity contribution >= 4 is 28.2 Å². The van der Waals surface area contributed by atoms with Crippen molar-refractivity contribution in [1.29, 1.82) is 0 Å². The molecule has 1 aromatic heterocycles. The Balaban J connectivity index is 2.33. The van der Waals surface area contributed by atoms with Crippen LogP contribution in [0.2, 0.25) is 5.15 Å². The zero-order valence-electron chi connectivity index (χ0n) is 8.88. The molecule has 4 heteroatoms. The van der Waals surface area contributed by atoms with Crippen molar-refractivity contribution in [2.75, 3.05) is 19.0 Å². The van der Waals surface area contributed by atoms with Crippen LogP contribution in [0, 0.1) is 0 Å². The Morgan fingerprint density at radius 3 is 3.12 bits per heavy atom. The van der Waals surface area contributed by atoms with E-state index in [1.807, 2.05) is 18.2 Å². The summed E-state index contributed by atoms with van der Waals surface area (Å²) in [6.07, 6.45) is 0.948. The molecule has 0 unspecified atom stereocenters. The van der Waals surface area contributed by atoms with E-state index in [0.717, 1.165) is 40.9 Å². The maximum atomic E-state index is 6.15. The highest BCUT2D eigenvalue weighted by Crippen LogP contribution is 2.35. The third kappa shape index (κ3) is 1.32. The Labute approximate surface area is 98.4 Å². The van der Waals surface area contributed by atoms with Gasteiger partial charge < -0.3 is 10.1 Å². The summed E-state index contributed by atoms with van der Waals surface area (Å²) < 4.78 is 5.18. The maximum absolute atomic E-state index is 6.15. The zero-order chi connectivity index (χ0) is 11.1. The highest BCUT2D eigenvalue weighted by Gasteiger charge is 2.18. The number of anilines is 1. The minimum Gasteiger partial charge on any atom is -0.497 e. The Kier molecular flexibility index (Phi) is 2.14. The molecule has 82 valence electrons. The molecule has 0 fully saturated rings. The van der Waals surface area contributed by atoms with Crippen molar-refractivity contribution in [2.24, 2.45) is 0 Å². The largest absolute Gasteiger partial charge is 0.497 e. The Hall–Kier alpha value is -1.48. The van der Waals surface area contributed by atoms with Gasteiger partial charge in [0.2, 0.25) is 0 Å². The van der Waals surface area contributed by atoms with Crippen molar-refractivity contribution in [1.82, 2.24) is 4.98 Å². The first-order valence-corrected chi connectivity index (χ1v) is 5.57. The molecule has 2 aromatic rings. The molecule has 1 aromatic carbocycles. The third-order valence-corrected chi connectivity index (χ3v) is 3.23. The van der Waals surface area contributed by atoms with Crippen LogP contribution in [-0.4, -0.2) is 18.6 Å². The number of hydrogen-bond donors (Lipinski definition) is 1. The highest BCUT2D eigenvalue weighted by molar-refractivity contribution is 6.31. The monoisotopic (exact) mass is 234 g/mol. The fourth-order valence-corrected chi connectivity index (χ4v) is 2.40. The predicted octanol–water partition coefficient (Wildman–Crippen LogP) is 2.86. The number of benzene rings is 1. The summed E-state index contributed by atoms with van der Waals surface area (Å²) in [6, 6.07) is 5.87. The molecule has 0 radical (unpaired) electrons. The number of methoxy groups -OCH3 is 1.